The Morgan fingerprint density at radius 3 is 2.29 bits per heavy atom. The topological polar surface area (TPSA) is 114 Å². The summed E-state index contributed by atoms with van der Waals surface area (Å²) in [6.45, 7) is 3.61. The Hall–Kier alpha value is -1.28. The normalized spacial score (nSPS) is 13.1. The van der Waals surface area contributed by atoms with Gasteiger partial charge >= 0.3 is 5.69 Å². The van der Waals surface area contributed by atoms with Crippen LogP contribution in [0.3, 0.4) is 0 Å². The summed E-state index contributed by atoms with van der Waals surface area (Å²) in [5.41, 5.74) is 5.09. The maximum Gasteiger partial charge on any atom is 0.306 e. The van der Waals surface area contributed by atoms with Gasteiger partial charge in [0.1, 0.15) is 0 Å². The van der Waals surface area contributed by atoms with Crippen LogP contribution in [0.5, 0.6) is 0 Å². The van der Waals surface area contributed by atoms with Gasteiger partial charge in [0.05, 0.1) is 4.92 Å². The van der Waals surface area contributed by atoms with Gasteiger partial charge in [-0.25, -0.2) is 4.98 Å². The first-order chi connectivity index (χ1) is 11.6. The van der Waals surface area contributed by atoms with Crippen LogP contribution in [0.15, 0.2) is 18.3 Å². The van der Waals surface area contributed by atoms with Crippen molar-refractivity contribution in [3.05, 3.63) is 33.6 Å². The molecule has 2 heterocycles. The van der Waals surface area contributed by atoms with E-state index in [2.05, 4.69) is 10.3 Å². The van der Waals surface area contributed by atoms with Crippen LogP contribution in [-0.2, 0) is 0 Å². The van der Waals surface area contributed by atoms with E-state index >= 15 is 0 Å². The fourth-order valence-electron chi connectivity index (χ4n) is 1.93. The molecule has 0 spiro atoms. The smallest absolute Gasteiger partial charge is 0.306 e. The summed E-state index contributed by atoms with van der Waals surface area (Å²) in [4.78, 5) is 13.1. The zero-order chi connectivity index (χ0) is 18.0. The maximum atomic E-state index is 10.1. The van der Waals surface area contributed by atoms with Crippen molar-refractivity contribution in [2.75, 3.05) is 26.2 Å². The van der Waals surface area contributed by atoms with E-state index in [4.69, 9.17) is 22.4 Å². The molecule has 24 heavy (non-hydrogen) atoms. The number of rotatable bonds is 6. The van der Waals surface area contributed by atoms with Gasteiger partial charge in [0, 0.05) is 18.9 Å². The monoisotopic (exact) mass is 360 g/mol. The van der Waals surface area contributed by atoms with Crippen molar-refractivity contribution in [1.29, 1.82) is 0 Å². The highest BCUT2D eigenvalue weighted by atomic mass is 35.5. The molecular formula is C16H29ClN4O3. The third kappa shape index (κ3) is 13.2. The van der Waals surface area contributed by atoms with Gasteiger partial charge < -0.3 is 16.2 Å². The molecule has 0 aliphatic carbocycles. The first kappa shape index (κ1) is 22.7. The van der Waals surface area contributed by atoms with E-state index in [-0.39, 0.29) is 10.8 Å². The van der Waals surface area contributed by atoms with Crippen LogP contribution in [0, 0.1) is 10.1 Å². The van der Waals surface area contributed by atoms with Crippen LogP contribution in [0.1, 0.15) is 44.9 Å². The molecule has 0 radical (unpaired) electrons. The number of hydrogen-bond donors (Lipinski definition) is 3. The molecule has 4 N–H and O–H groups in total. The number of nitro groups is 1. The Morgan fingerprint density at radius 1 is 1.25 bits per heavy atom. The molecule has 1 aliphatic heterocycles. The summed E-state index contributed by atoms with van der Waals surface area (Å²) in [5, 5.41) is 21.6. The fourth-order valence-corrected chi connectivity index (χ4v) is 2.11. The van der Waals surface area contributed by atoms with E-state index in [1.807, 2.05) is 0 Å². The largest absolute Gasteiger partial charge is 0.396 e. The Kier molecular flexibility index (Phi) is 15.7. The van der Waals surface area contributed by atoms with Crippen LogP contribution in [0.25, 0.3) is 0 Å². The predicted octanol–water partition coefficient (Wildman–Crippen LogP) is 2.90. The molecule has 1 aromatic heterocycles. The van der Waals surface area contributed by atoms with Crippen molar-refractivity contribution in [3.8, 4) is 0 Å². The van der Waals surface area contributed by atoms with Gasteiger partial charge in [0.2, 0.25) is 5.15 Å². The van der Waals surface area contributed by atoms with Crippen LogP contribution in [0.4, 0.5) is 5.69 Å². The van der Waals surface area contributed by atoms with E-state index < -0.39 is 4.92 Å². The van der Waals surface area contributed by atoms with Crippen LogP contribution in [-0.4, -0.2) is 41.3 Å². The van der Waals surface area contributed by atoms with Crippen LogP contribution in [0.2, 0.25) is 5.15 Å². The highest BCUT2D eigenvalue weighted by Crippen LogP contribution is 2.19. The fraction of sp³-hybridized carbons (Fsp3) is 0.688. The van der Waals surface area contributed by atoms with Gasteiger partial charge in [-0.1, -0.05) is 30.9 Å². The molecule has 138 valence electrons. The molecule has 1 saturated heterocycles. The number of pyridine rings is 1. The second-order valence-corrected chi connectivity index (χ2v) is 5.67. The average molecular weight is 361 g/mol. The van der Waals surface area contributed by atoms with Crippen LogP contribution < -0.4 is 11.1 Å². The van der Waals surface area contributed by atoms with Crippen LogP contribution >= 0.6 is 11.6 Å². The summed E-state index contributed by atoms with van der Waals surface area (Å²) in [5.74, 6) is 0. The van der Waals surface area contributed by atoms with Gasteiger partial charge in [-0.15, -0.1) is 0 Å². The molecule has 0 saturated carbocycles. The number of nitrogens with two attached hydrogens (primary N) is 1. The number of nitrogens with zero attached hydrogens (tertiary/aromatic N) is 2. The summed E-state index contributed by atoms with van der Waals surface area (Å²) >= 11 is 5.37. The number of aliphatic hydroxyl groups excluding tert-OH is 1. The SMILES string of the molecule is C1CCNCC1.NCCCCCCO.O=[N+]([O-])c1cccnc1Cl. The van der Waals surface area contributed by atoms with Crippen molar-refractivity contribution in [3.63, 3.8) is 0 Å². The minimum Gasteiger partial charge on any atom is -0.396 e. The number of halogens is 1. The van der Waals surface area contributed by atoms with Crippen molar-refractivity contribution >= 4 is 17.3 Å². The van der Waals surface area contributed by atoms with Gasteiger partial charge in [0.25, 0.3) is 0 Å². The molecule has 0 bridgehead atoms. The molecule has 7 nitrogen and oxygen atoms in total. The minimum absolute atomic E-state index is 0.0764. The summed E-state index contributed by atoms with van der Waals surface area (Å²) in [6, 6.07) is 2.76. The number of aliphatic hydroxyl groups is 1. The molecule has 0 unspecified atom stereocenters. The first-order valence-electron chi connectivity index (χ1n) is 8.40. The maximum absolute atomic E-state index is 10.1. The van der Waals surface area contributed by atoms with E-state index in [1.165, 1.54) is 50.7 Å². The standard InChI is InChI=1S/C6H15NO.C5H3ClN2O2.C5H11N/c7-5-3-1-2-4-6-8;6-5-4(8(9)10)2-1-3-7-5;1-2-4-6-5-3-1/h8H,1-7H2;1-3H;6H,1-5H2. The summed E-state index contributed by atoms with van der Waals surface area (Å²) in [6.07, 6.45) is 9.92. The lowest BCUT2D eigenvalue weighted by Gasteiger charge is -2.08. The molecule has 1 aromatic rings. The summed E-state index contributed by atoms with van der Waals surface area (Å²) < 4.78 is 0. The van der Waals surface area contributed by atoms with E-state index in [9.17, 15) is 10.1 Å². The number of piperidine rings is 1. The molecule has 1 aliphatic rings. The summed E-state index contributed by atoms with van der Waals surface area (Å²) in [7, 11) is 0. The van der Waals surface area contributed by atoms with Gasteiger partial charge in [0.15, 0.2) is 0 Å². The highest BCUT2D eigenvalue weighted by Gasteiger charge is 2.10. The quantitative estimate of drug-likeness (QED) is 0.311. The molecule has 0 aromatic carbocycles. The number of aromatic nitrogens is 1. The number of unbranched alkanes of at least 4 members (excludes halogenated alkanes) is 3. The van der Waals surface area contributed by atoms with E-state index in [1.54, 1.807) is 0 Å². The van der Waals surface area contributed by atoms with Crippen molar-refractivity contribution in [1.82, 2.24) is 10.3 Å². The molecule has 1 fully saturated rings. The first-order valence-corrected chi connectivity index (χ1v) is 8.77. The minimum atomic E-state index is -0.574. The Balaban J connectivity index is 0.000000342. The van der Waals surface area contributed by atoms with E-state index in [0.717, 1.165) is 32.2 Å². The van der Waals surface area contributed by atoms with Gasteiger partial charge in [-0.05, 0) is 51.4 Å². The molecule has 0 atom stereocenters. The third-order valence-corrected chi connectivity index (χ3v) is 3.55. The highest BCUT2D eigenvalue weighted by molar-refractivity contribution is 6.31. The molecule has 0 amide bonds. The second kappa shape index (κ2) is 16.6. The number of hydrogen-bond acceptors (Lipinski definition) is 6. The molecular weight excluding hydrogens is 332 g/mol. The second-order valence-electron chi connectivity index (χ2n) is 5.31. The lowest BCUT2D eigenvalue weighted by molar-refractivity contribution is -0.385. The average Bonchev–Trinajstić information content (AvgIpc) is 2.62. The predicted molar refractivity (Wildman–Crippen MR) is 97.2 cm³/mol. The van der Waals surface area contributed by atoms with E-state index in [0.29, 0.717) is 6.61 Å². The third-order valence-electron chi connectivity index (χ3n) is 3.26. The lowest BCUT2D eigenvalue weighted by atomic mass is 10.2. The molecule has 8 heteroatoms. The van der Waals surface area contributed by atoms with Crippen molar-refractivity contribution in [2.45, 2.75) is 44.9 Å². The van der Waals surface area contributed by atoms with Crippen molar-refractivity contribution < 1.29 is 10.0 Å². The van der Waals surface area contributed by atoms with Gasteiger partial charge in [-0.3, -0.25) is 10.1 Å². The number of nitrogens with one attached hydrogen (secondary N) is 1. The molecule has 2 rings (SSSR count). The Bertz CT molecular complexity index is 414. The Labute approximate surface area is 148 Å². The zero-order valence-corrected chi connectivity index (χ0v) is 14.9. The Morgan fingerprint density at radius 2 is 1.92 bits per heavy atom. The lowest BCUT2D eigenvalue weighted by Crippen LogP contribution is -2.21. The van der Waals surface area contributed by atoms with Crippen molar-refractivity contribution in [2.24, 2.45) is 5.73 Å². The van der Waals surface area contributed by atoms with Gasteiger partial charge in [-0.2, -0.15) is 0 Å². The zero-order valence-electron chi connectivity index (χ0n) is 14.1.